The van der Waals surface area contributed by atoms with Crippen LogP contribution in [0.25, 0.3) is 0 Å². The highest BCUT2D eigenvalue weighted by Crippen LogP contribution is 2.03. The van der Waals surface area contributed by atoms with E-state index in [1.165, 1.54) is 11.0 Å². The first-order valence-electron chi connectivity index (χ1n) is 3.30. The van der Waals surface area contributed by atoms with E-state index in [0.717, 1.165) is 6.54 Å². The molecule has 0 amide bonds. The van der Waals surface area contributed by atoms with Gasteiger partial charge >= 0.3 is 0 Å². The molecule has 1 heterocycles. The molecule has 0 spiro atoms. The van der Waals surface area contributed by atoms with Crippen LogP contribution in [0, 0.1) is 0 Å². The predicted octanol–water partition coefficient (Wildman–Crippen LogP) is 0.708. The number of thiocarbonyl (C=S) groups is 1. The molecule has 1 aliphatic rings. The molecule has 3 heteroatoms. The van der Waals surface area contributed by atoms with Crippen molar-refractivity contribution in [2.45, 2.75) is 13.0 Å². The summed E-state index contributed by atoms with van der Waals surface area (Å²) in [5.74, 6) is 0. The van der Waals surface area contributed by atoms with E-state index in [1.54, 1.807) is 0 Å². The molecule has 0 aromatic heterocycles. The molecule has 50 valence electrons. The van der Waals surface area contributed by atoms with Gasteiger partial charge in [0.2, 0.25) is 0 Å². The Balaban J connectivity index is 2.43. The zero-order valence-electron chi connectivity index (χ0n) is 5.63. The van der Waals surface area contributed by atoms with Gasteiger partial charge in [0.15, 0.2) is 0 Å². The van der Waals surface area contributed by atoms with Crippen LogP contribution in [0.15, 0.2) is 12.3 Å². The topological polar surface area (TPSA) is 3.24 Å². The van der Waals surface area contributed by atoms with Crippen LogP contribution in [0.1, 0.15) is 6.42 Å². The van der Waals surface area contributed by atoms with Gasteiger partial charge in [0.25, 0.3) is 0 Å². The molecule has 0 unspecified atom stereocenters. The van der Waals surface area contributed by atoms with Crippen molar-refractivity contribution in [3.63, 3.8) is 0 Å². The summed E-state index contributed by atoms with van der Waals surface area (Å²) in [6.07, 6.45) is 5.46. The molecule has 0 saturated carbocycles. The SMILES string of the molecule is C[SiH2]C(=S)N1C=CCC1. The quantitative estimate of drug-likeness (QED) is 0.407. The maximum Gasteiger partial charge on any atom is 0.0871 e. The molecule has 0 radical (unpaired) electrons. The second-order valence-corrected chi connectivity index (χ2v) is 4.47. The summed E-state index contributed by atoms with van der Waals surface area (Å²) in [5, 5.41) is 0. The highest BCUT2D eigenvalue weighted by Gasteiger charge is 2.06. The van der Waals surface area contributed by atoms with Crippen LogP contribution in [0.5, 0.6) is 0 Å². The van der Waals surface area contributed by atoms with E-state index in [2.05, 4.69) is 23.7 Å². The Labute approximate surface area is 63.6 Å². The zero-order valence-corrected chi connectivity index (χ0v) is 7.86. The fourth-order valence-corrected chi connectivity index (χ4v) is 1.72. The standard InChI is InChI=1S/C6H11NSSi/c1-9-6(8)7-4-2-3-5-7/h2,4H,3,5,9H2,1H3. The van der Waals surface area contributed by atoms with Crippen molar-refractivity contribution < 1.29 is 0 Å². The minimum atomic E-state index is -0.0849. The molecule has 0 saturated heterocycles. The number of rotatable bonds is 1. The molecule has 1 aliphatic heterocycles. The van der Waals surface area contributed by atoms with E-state index in [1.807, 2.05) is 0 Å². The van der Waals surface area contributed by atoms with Crippen LogP contribution in [0.3, 0.4) is 0 Å². The summed E-state index contributed by atoms with van der Waals surface area (Å²) in [4.78, 5) is 2.20. The van der Waals surface area contributed by atoms with Crippen LogP contribution in [-0.4, -0.2) is 25.6 Å². The first-order valence-corrected chi connectivity index (χ1v) is 5.83. The van der Waals surface area contributed by atoms with Gasteiger partial charge in [0.05, 0.1) is 14.1 Å². The molecule has 0 aromatic rings. The van der Waals surface area contributed by atoms with E-state index >= 15 is 0 Å². The summed E-state index contributed by atoms with van der Waals surface area (Å²) >= 11 is 5.15. The molecule has 9 heavy (non-hydrogen) atoms. The Hall–Kier alpha value is -0.153. The first-order chi connectivity index (χ1) is 4.34. The van der Waals surface area contributed by atoms with Crippen molar-refractivity contribution in [2.75, 3.05) is 6.54 Å². The predicted molar refractivity (Wildman–Crippen MR) is 47.5 cm³/mol. The van der Waals surface area contributed by atoms with Gasteiger partial charge in [-0.15, -0.1) is 0 Å². The van der Waals surface area contributed by atoms with Gasteiger partial charge in [-0.25, -0.2) is 0 Å². The lowest BCUT2D eigenvalue weighted by Gasteiger charge is -2.14. The number of hydrogen-bond acceptors (Lipinski definition) is 1. The minimum Gasteiger partial charge on any atom is -0.347 e. The normalized spacial score (nSPS) is 18.1. The largest absolute Gasteiger partial charge is 0.347 e. The fraction of sp³-hybridized carbons (Fsp3) is 0.500. The number of hydrogen-bond donors (Lipinski definition) is 0. The zero-order chi connectivity index (χ0) is 6.69. The summed E-state index contributed by atoms with van der Waals surface area (Å²) in [6, 6.07) is 0. The highest BCUT2D eigenvalue weighted by molar-refractivity contribution is 7.83. The Bertz CT molecular complexity index is 144. The van der Waals surface area contributed by atoms with Crippen LogP contribution < -0.4 is 0 Å². The smallest absolute Gasteiger partial charge is 0.0871 e. The van der Waals surface area contributed by atoms with Crippen molar-refractivity contribution >= 4 is 26.3 Å². The first kappa shape index (κ1) is 6.96. The molecule has 0 fully saturated rings. The van der Waals surface area contributed by atoms with Crippen LogP contribution in [0.2, 0.25) is 6.55 Å². The van der Waals surface area contributed by atoms with Gasteiger partial charge in [0.1, 0.15) is 0 Å². The Morgan fingerprint density at radius 2 is 2.56 bits per heavy atom. The molecule has 0 aromatic carbocycles. The maximum atomic E-state index is 5.15. The summed E-state index contributed by atoms with van der Waals surface area (Å²) in [5.41, 5.74) is 0. The van der Waals surface area contributed by atoms with Crippen LogP contribution in [0.4, 0.5) is 0 Å². The lowest BCUT2D eigenvalue weighted by molar-refractivity contribution is 0.622. The maximum absolute atomic E-state index is 5.15. The third kappa shape index (κ3) is 1.63. The average molecular weight is 157 g/mol. The summed E-state index contributed by atoms with van der Waals surface area (Å²) in [7, 11) is -0.0849. The monoisotopic (exact) mass is 157 g/mol. The molecule has 0 bridgehead atoms. The average Bonchev–Trinajstić information content (AvgIpc) is 2.37. The van der Waals surface area contributed by atoms with E-state index in [9.17, 15) is 0 Å². The minimum absolute atomic E-state index is 0.0849. The van der Waals surface area contributed by atoms with E-state index < -0.39 is 0 Å². The van der Waals surface area contributed by atoms with Crippen molar-refractivity contribution in [3.05, 3.63) is 12.3 Å². The van der Waals surface area contributed by atoms with Gasteiger partial charge in [0, 0.05) is 12.7 Å². The highest BCUT2D eigenvalue weighted by atomic mass is 32.1. The second kappa shape index (κ2) is 3.13. The van der Waals surface area contributed by atoms with Crippen molar-refractivity contribution in [3.8, 4) is 0 Å². The molecular weight excluding hydrogens is 146 g/mol. The van der Waals surface area contributed by atoms with Crippen LogP contribution >= 0.6 is 12.2 Å². The van der Waals surface area contributed by atoms with Crippen molar-refractivity contribution in [2.24, 2.45) is 0 Å². The van der Waals surface area contributed by atoms with Gasteiger partial charge < -0.3 is 4.90 Å². The molecular formula is C6H11NSSi. The van der Waals surface area contributed by atoms with Crippen molar-refractivity contribution in [1.29, 1.82) is 0 Å². The molecule has 1 nitrogen and oxygen atoms in total. The lowest BCUT2D eigenvalue weighted by Crippen LogP contribution is -2.25. The second-order valence-electron chi connectivity index (χ2n) is 2.11. The fourth-order valence-electron chi connectivity index (χ4n) is 0.901. The van der Waals surface area contributed by atoms with Crippen molar-refractivity contribution in [1.82, 2.24) is 4.90 Å². The molecule has 1 rings (SSSR count). The lowest BCUT2D eigenvalue weighted by atomic mass is 10.5. The van der Waals surface area contributed by atoms with E-state index in [-0.39, 0.29) is 9.52 Å². The summed E-state index contributed by atoms with van der Waals surface area (Å²) < 4.78 is 1.20. The van der Waals surface area contributed by atoms with Gasteiger partial charge in [-0.1, -0.05) is 24.8 Å². The number of nitrogens with zero attached hydrogens (tertiary/aromatic N) is 1. The summed E-state index contributed by atoms with van der Waals surface area (Å²) in [6.45, 7) is 3.36. The van der Waals surface area contributed by atoms with Gasteiger partial charge in [-0.3, -0.25) is 0 Å². The molecule has 0 N–H and O–H groups in total. The third-order valence-corrected chi connectivity index (χ3v) is 3.56. The Morgan fingerprint density at radius 3 is 3.00 bits per heavy atom. The van der Waals surface area contributed by atoms with Gasteiger partial charge in [-0.05, 0) is 6.42 Å². The molecule has 0 atom stereocenters. The van der Waals surface area contributed by atoms with Crippen LogP contribution in [-0.2, 0) is 0 Å². The van der Waals surface area contributed by atoms with E-state index in [0.29, 0.717) is 0 Å². The Morgan fingerprint density at radius 1 is 1.78 bits per heavy atom. The van der Waals surface area contributed by atoms with Gasteiger partial charge in [-0.2, -0.15) is 0 Å². The van der Waals surface area contributed by atoms with E-state index in [4.69, 9.17) is 12.2 Å². The molecule has 0 aliphatic carbocycles. The third-order valence-electron chi connectivity index (χ3n) is 1.44. The Kier molecular flexibility index (Phi) is 2.42.